The van der Waals surface area contributed by atoms with Gasteiger partial charge in [0.1, 0.15) is 5.75 Å². The molecule has 7 nitrogen and oxygen atoms in total. The Morgan fingerprint density at radius 2 is 1.66 bits per heavy atom. The number of hydrogen-bond acceptors (Lipinski definition) is 5. The minimum absolute atomic E-state index is 0.173. The first-order valence-corrected chi connectivity index (χ1v) is 13.0. The van der Waals surface area contributed by atoms with Crippen LogP contribution >= 0.6 is 0 Å². The summed E-state index contributed by atoms with van der Waals surface area (Å²) in [5.74, 6) is 0.680. The molecule has 1 aromatic heterocycles. The van der Waals surface area contributed by atoms with Crippen LogP contribution in [0.25, 0.3) is 17.0 Å². The molecule has 38 heavy (non-hydrogen) atoms. The maximum absolute atomic E-state index is 13.0. The molecule has 0 bridgehead atoms. The number of alkyl halides is 3. The normalized spacial score (nSPS) is 12.5. The molecular formula is C27H27F3N4O3S. The molecular weight excluding hydrogens is 517 g/mol. The van der Waals surface area contributed by atoms with Crippen molar-refractivity contribution in [3.63, 3.8) is 0 Å². The van der Waals surface area contributed by atoms with Gasteiger partial charge in [0.25, 0.3) is 0 Å². The quantitative estimate of drug-likeness (QED) is 0.281. The van der Waals surface area contributed by atoms with Crippen molar-refractivity contribution < 1.29 is 26.3 Å². The van der Waals surface area contributed by atoms with Crippen molar-refractivity contribution in [1.82, 2.24) is 14.1 Å². The van der Waals surface area contributed by atoms with E-state index in [1.54, 1.807) is 67.3 Å². The SMILES string of the molecule is COc1ccc(CN(C)S(=O)(=O)/C=C/c2cc(N(C)c3ccc(C(F)(F)F)cc3)cc3cn(C)nc23)cc1. The summed E-state index contributed by atoms with van der Waals surface area (Å²) in [7, 11) is 2.77. The number of aromatic nitrogens is 2. The summed E-state index contributed by atoms with van der Waals surface area (Å²) in [6.45, 7) is 0.173. The fraction of sp³-hybridized carbons (Fsp3) is 0.222. The van der Waals surface area contributed by atoms with Gasteiger partial charge < -0.3 is 9.64 Å². The standard InChI is InChI=1S/C27H27F3N4O3S/c1-32-18-21-16-24(34(3)23-9-7-22(8-10-23)27(28,29)30)15-20(26(21)31-32)13-14-38(35,36)33(2)17-19-5-11-25(37-4)12-6-19/h5-16,18H,17H2,1-4H3/b14-13+. The van der Waals surface area contributed by atoms with Crippen molar-refractivity contribution >= 4 is 38.4 Å². The summed E-state index contributed by atoms with van der Waals surface area (Å²) in [6.07, 6.45) is -1.14. The first-order chi connectivity index (χ1) is 17.9. The second-order valence-electron chi connectivity index (χ2n) is 8.83. The Labute approximate surface area is 219 Å². The molecule has 200 valence electrons. The second-order valence-corrected chi connectivity index (χ2v) is 10.8. The third-order valence-corrected chi connectivity index (χ3v) is 7.60. The Morgan fingerprint density at radius 1 is 1.00 bits per heavy atom. The Morgan fingerprint density at radius 3 is 2.26 bits per heavy atom. The molecule has 0 aliphatic rings. The van der Waals surface area contributed by atoms with E-state index < -0.39 is 21.8 Å². The van der Waals surface area contributed by atoms with E-state index in [1.165, 1.54) is 29.6 Å². The number of halogens is 3. The van der Waals surface area contributed by atoms with Crippen LogP contribution in [0, 0.1) is 0 Å². The van der Waals surface area contributed by atoms with Crippen LogP contribution in [0.3, 0.4) is 0 Å². The number of sulfonamides is 1. The maximum Gasteiger partial charge on any atom is 0.416 e. The van der Waals surface area contributed by atoms with Crippen LogP contribution in [-0.4, -0.2) is 43.7 Å². The Balaban J connectivity index is 1.63. The molecule has 0 saturated heterocycles. The third-order valence-electron chi connectivity index (χ3n) is 6.12. The zero-order chi connectivity index (χ0) is 27.7. The molecule has 1 heterocycles. The molecule has 4 aromatic rings. The van der Waals surface area contributed by atoms with Crippen LogP contribution < -0.4 is 9.64 Å². The van der Waals surface area contributed by atoms with Crippen LogP contribution in [0.1, 0.15) is 16.7 Å². The largest absolute Gasteiger partial charge is 0.497 e. The van der Waals surface area contributed by atoms with Gasteiger partial charge in [0, 0.05) is 61.6 Å². The van der Waals surface area contributed by atoms with Crippen molar-refractivity contribution in [3.05, 3.63) is 89.0 Å². The highest BCUT2D eigenvalue weighted by Crippen LogP contribution is 2.33. The van der Waals surface area contributed by atoms with Crippen LogP contribution in [0.15, 0.2) is 72.3 Å². The number of hydrogen-bond donors (Lipinski definition) is 0. The van der Waals surface area contributed by atoms with Crippen molar-refractivity contribution in [2.75, 3.05) is 26.1 Å². The average Bonchev–Trinajstić information content (AvgIpc) is 3.27. The van der Waals surface area contributed by atoms with E-state index in [9.17, 15) is 21.6 Å². The molecule has 0 spiro atoms. The lowest BCUT2D eigenvalue weighted by atomic mass is 10.1. The smallest absolute Gasteiger partial charge is 0.416 e. The highest BCUT2D eigenvalue weighted by molar-refractivity contribution is 7.92. The predicted octanol–water partition coefficient (Wildman–Crippen LogP) is 5.80. The van der Waals surface area contributed by atoms with Gasteiger partial charge in [-0.1, -0.05) is 12.1 Å². The monoisotopic (exact) mass is 544 g/mol. The molecule has 0 aliphatic heterocycles. The number of methoxy groups -OCH3 is 1. The average molecular weight is 545 g/mol. The van der Waals surface area contributed by atoms with E-state index >= 15 is 0 Å². The van der Waals surface area contributed by atoms with E-state index in [1.807, 2.05) is 6.07 Å². The van der Waals surface area contributed by atoms with Crippen molar-refractivity contribution in [1.29, 1.82) is 0 Å². The zero-order valence-corrected chi connectivity index (χ0v) is 22.1. The van der Waals surface area contributed by atoms with Crippen LogP contribution in [0.4, 0.5) is 24.5 Å². The molecule has 11 heteroatoms. The van der Waals surface area contributed by atoms with Gasteiger partial charge in [-0.3, -0.25) is 4.68 Å². The van der Waals surface area contributed by atoms with Gasteiger partial charge in [0.05, 0.1) is 18.2 Å². The lowest BCUT2D eigenvalue weighted by molar-refractivity contribution is -0.137. The number of anilines is 2. The van der Waals surface area contributed by atoms with Gasteiger partial charge >= 0.3 is 6.18 Å². The molecule has 0 atom stereocenters. The van der Waals surface area contributed by atoms with Crippen molar-refractivity contribution in [2.45, 2.75) is 12.7 Å². The number of aryl methyl sites for hydroxylation is 1. The second kappa shape index (κ2) is 10.5. The van der Waals surface area contributed by atoms with E-state index in [-0.39, 0.29) is 6.54 Å². The van der Waals surface area contributed by atoms with Crippen molar-refractivity contribution in [2.24, 2.45) is 7.05 Å². The molecule has 0 fully saturated rings. The van der Waals surface area contributed by atoms with Gasteiger partial charge in [-0.05, 0) is 60.2 Å². The summed E-state index contributed by atoms with van der Waals surface area (Å²) in [4.78, 5) is 1.73. The Bertz CT molecular complexity index is 1560. The lowest BCUT2D eigenvalue weighted by Gasteiger charge is -2.21. The molecule has 0 radical (unpaired) electrons. The minimum Gasteiger partial charge on any atom is -0.497 e. The Hall–Kier alpha value is -3.83. The summed E-state index contributed by atoms with van der Waals surface area (Å²) in [5, 5.41) is 6.34. The number of ether oxygens (including phenoxy) is 1. The fourth-order valence-electron chi connectivity index (χ4n) is 3.95. The first kappa shape index (κ1) is 27.2. The summed E-state index contributed by atoms with van der Waals surface area (Å²) >= 11 is 0. The van der Waals surface area contributed by atoms with Gasteiger partial charge in [0.2, 0.25) is 10.0 Å². The topological polar surface area (TPSA) is 67.7 Å². The maximum atomic E-state index is 13.0. The summed E-state index contributed by atoms with van der Waals surface area (Å²) in [5.41, 5.74) is 2.43. The molecule has 0 saturated carbocycles. The van der Waals surface area contributed by atoms with Crippen molar-refractivity contribution in [3.8, 4) is 5.75 Å². The highest BCUT2D eigenvalue weighted by atomic mass is 32.2. The highest BCUT2D eigenvalue weighted by Gasteiger charge is 2.30. The lowest BCUT2D eigenvalue weighted by Crippen LogP contribution is -2.24. The van der Waals surface area contributed by atoms with Gasteiger partial charge in [-0.25, -0.2) is 8.42 Å². The molecule has 4 rings (SSSR count). The van der Waals surface area contributed by atoms with Crippen LogP contribution in [0.2, 0.25) is 0 Å². The Kier molecular flexibility index (Phi) is 7.52. The van der Waals surface area contributed by atoms with Gasteiger partial charge in [0.15, 0.2) is 0 Å². The molecule has 0 amide bonds. The van der Waals surface area contributed by atoms with Crippen LogP contribution in [0.5, 0.6) is 5.75 Å². The van der Waals surface area contributed by atoms with E-state index in [2.05, 4.69) is 5.10 Å². The van der Waals surface area contributed by atoms with E-state index in [0.29, 0.717) is 28.2 Å². The molecule has 3 aromatic carbocycles. The number of nitrogens with zero attached hydrogens (tertiary/aromatic N) is 4. The summed E-state index contributed by atoms with van der Waals surface area (Å²) < 4.78 is 72.9. The number of rotatable bonds is 8. The van der Waals surface area contributed by atoms with Gasteiger partial charge in [-0.15, -0.1) is 0 Å². The number of benzene rings is 3. The fourth-order valence-corrected chi connectivity index (χ4v) is 4.81. The van der Waals surface area contributed by atoms with E-state index in [4.69, 9.17) is 4.74 Å². The third kappa shape index (κ3) is 6.00. The molecule has 0 N–H and O–H groups in total. The summed E-state index contributed by atoms with van der Waals surface area (Å²) in [6, 6.07) is 15.6. The van der Waals surface area contributed by atoms with E-state index in [0.717, 1.165) is 28.5 Å². The number of fused-ring (bicyclic) bond motifs is 1. The first-order valence-electron chi connectivity index (χ1n) is 11.5. The minimum atomic E-state index is -4.42. The molecule has 0 aliphatic carbocycles. The predicted molar refractivity (Wildman–Crippen MR) is 143 cm³/mol. The zero-order valence-electron chi connectivity index (χ0n) is 21.3. The molecule has 0 unspecified atom stereocenters. The van der Waals surface area contributed by atoms with Gasteiger partial charge in [-0.2, -0.15) is 22.6 Å². The van der Waals surface area contributed by atoms with Crippen LogP contribution in [-0.2, 0) is 29.8 Å².